The number of aromatic nitrogens is 2. The molecule has 1 aromatic rings. The zero-order valence-corrected chi connectivity index (χ0v) is 16.1. The fourth-order valence-corrected chi connectivity index (χ4v) is 4.84. The van der Waals surface area contributed by atoms with Gasteiger partial charge >= 0.3 is 0 Å². The minimum absolute atomic E-state index is 0.0928. The quantitative estimate of drug-likeness (QED) is 0.703. The molecule has 1 aromatic heterocycles. The summed E-state index contributed by atoms with van der Waals surface area (Å²) in [4.78, 5) is 23.0. The lowest BCUT2D eigenvalue weighted by atomic mass is 10.2. The van der Waals surface area contributed by atoms with E-state index >= 15 is 0 Å². The Balaban J connectivity index is 2.15. The third kappa shape index (κ3) is 5.39. The van der Waals surface area contributed by atoms with E-state index < -0.39 is 9.84 Å². The first-order chi connectivity index (χ1) is 11.9. The Morgan fingerprint density at radius 1 is 1.32 bits per heavy atom. The SMILES string of the molecule is CCCCCNC(=O)c1cc(N(CC)C2CCS(=O)(=O)C2)nc(C)n1. The first kappa shape index (κ1) is 19.6. The highest BCUT2D eigenvalue weighted by Crippen LogP contribution is 2.23. The molecule has 7 nitrogen and oxygen atoms in total. The van der Waals surface area contributed by atoms with Crippen LogP contribution in [0, 0.1) is 6.92 Å². The van der Waals surface area contributed by atoms with Crippen molar-refractivity contribution in [3.05, 3.63) is 17.6 Å². The molecule has 0 aliphatic carbocycles. The zero-order valence-electron chi connectivity index (χ0n) is 15.3. The summed E-state index contributed by atoms with van der Waals surface area (Å²) in [5.41, 5.74) is 0.332. The predicted octanol–water partition coefficient (Wildman–Crippen LogP) is 1.72. The summed E-state index contributed by atoms with van der Waals surface area (Å²) in [5.74, 6) is 1.27. The summed E-state index contributed by atoms with van der Waals surface area (Å²) in [6.45, 7) is 7.09. The molecule has 0 saturated carbocycles. The van der Waals surface area contributed by atoms with Gasteiger partial charge in [0.2, 0.25) is 0 Å². The number of unbranched alkanes of at least 4 members (excludes halogenated alkanes) is 2. The second kappa shape index (κ2) is 8.60. The van der Waals surface area contributed by atoms with Gasteiger partial charge in [0, 0.05) is 25.2 Å². The normalized spacial score (nSPS) is 18.9. The van der Waals surface area contributed by atoms with Gasteiger partial charge in [-0.05, 0) is 26.7 Å². The number of sulfone groups is 1. The third-order valence-corrected chi connectivity index (χ3v) is 6.16. The van der Waals surface area contributed by atoms with Crippen molar-refractivity contribution in [1.29, 1.82) is 0 Å². The highest BCUT2D eigenvalue weighted by Gasteiger charge is 2.32. The molecule has 25 heavy (non-hydrogen) atoms. The Bertz CT molecular complexity index is 706. The maximum absolute atomic E-state index is 12.3. The molecule has 0 bridgehead atoms. The Kier molecular flexibility index (Phi) is 6.75. The number of rotatable bonds is 8. The maximum atomic E-state index is 12.3. The average Bonchev–Trinajstić information content (AvgIpc) is 2.91. The number of amides is 1. The summed E-state index contributed by atoms with van der Waals surface area (Å²) in [6.07, 6.45) is 3.72. The molecule has 1 amide bonds. The molecular formula is C17H28N4O3S. The van der Waals surface area contributed by atoms with Crippen LogP contribution in [-0.2, 0) is 9.84 Å². The fourth-order valence-electron chi connectivity index (χ4n) is 3.11. The van der Waals surface area contributed by atoms with Crippen LogP contribution in [0.1, 0.15) is 55.8 Å². The molecule has 1 fully saturated rings. The highest BCUT2D eigenvalue weighted by molar-refractivity contribution is 7.91. The van der Waals surface area contributed by atoms with Crippen molar-refractivity contribution in [3.8, 4) is 0 Å². The van der Waals surface area contributed by atoms with E-state index in [4.69, 9.17) is 0 Å². The van der Waals surface area contributed by atoms with Gasteiger partial charge in [-0.25, -0.2) is 18.4 Å². The first-order valence-electron chi connectivity index (χ1n) is 8.97. The van der Waals surface area contributed by atoms with E-state index in [1.54, 1.807) is 13.0 Å². The van der Waals surface area contributed by atoms with Gasteiger partial charge in [0.1, 0.15) is 17.3 Å². The van der Waals surface area contributed by atoms with E-state index in [2.05, 4.69) is 22.2 Å². The van der Waals surface area contributed by atoms with E-state index in [-0.39, 0.29) is 23.5 Å². The molecule has 2 rings (SSSR count). The summed E-state index contributed by atoms with van der Waals surface area (Å²) in [6, 6.07) is 1.57. The number of hydrogen-bond acceptors (Lipinski definition) is 6. The van der Waals surface area contributed by atoms with E-state index in [9.17, 15) is 13.2 Å². The molecule has 1 atom stereocenters. The molecule has 1 saturated heterocycles. The van der Waals surface area contributed by atoms with Gasteiger partial charge in [-0.1, -0.05) is 19.8 Å². The standard InChI is InChI=1S/C17H28N4O3S/c1-4-6-7-9-18-17(22)15-11-16(20-13(3)19-15)21(5-2)14-8-10-25(23,24)12-14/h11,14H,4-10,12H2,1-3H3,(H,18,22). The van der Waals surface area contributed by atoms with Gasteiger partial charge in [-0.3, -0.25) is 4.79 Å². The van der Waals surface area contributed by atoms with E-state index in [1.807, 2.05) is 11.8 Å². The molecule has 1 unspecified atom stereocenters. The average molecular weight is 369 g/mol. The molecule has 1 aliphatic rings. The number of anilines is 1. The number of nitrogens with zero attached hydrogens (tertiary/aromatic N) is 3. The lowest BCUT2D eigenvalue weighted by Gasteiger charge is -2.28. The highest BCUT2D eigenvalue weighted by atomic mass is 32.2. The monoisotopic (exact) mass is 368 g/mol. The predicted molar refractivity (Wildman–Crippen MR) is 98.7 cm³/mol. The minimum Gasteiger partial charge on any atom is -0.353 e. The van der Waals surface area contributed by atoms with Crippen LogP contribution in [0.15, 0.2) is 6.07 Å². The van der Waals surface area contributed by atoms with Crippen LogP contribution < -0.4 is 10.2 Å². The molecule has 8 heteroatoms. The van der Waals surface area contributed by atoms with Crippen molar-refractivity contribution in [3.63, 3.8) is 0 Å². The van der Waals surface area contributed by atoms with Crippen LogP contribution in [-0.4, -0.2) is 54.9 Å². The second-order valence-corrected chi connectivity index (χ2v) is 8.69. The van der Waals surface area contributed by atoms with Gasteiger partial charge in [-0.2, -0.15) is 0 Å². The molecule has 0 aromatic carbocycles. The Morgan fingerprint density at radius 3 is 2.68 bits per heavy atom. The van der Waals surface area contributed by atoms with Gasteiger partial charge in [-0.15, -0.1) is 0 Å². The molecule has 0 radical (unpaired) electrons. The summed E-state index contributed by atoms with van der Waals surface area (Å²) in [7, 11) is -2.98. The van der Waals surface area contributed by atoms with Crippen LogP contribution in [0.2, 0.25) is 0 Å². The number of carbonyl (C=O) groups is 1. The minimum atomic E-state index is -2.98. The van der Waals surface area contributed by atoms with Crippen LogP contribution in [0.5, 0.6) is 0 Å². The van der Waals surface area contributed by atoms with E-state index in [1.165, 1.54) is 0 Å². The smallest absolute Gasteiger partial charge is 0.270 e. The Labute approximate surface area is 150 Å². The van der Waals surface area contributed by atoms with Crippen LogP contribution in [0.3, 0.4) is 0 Å². The van der Waals surface area contributed by atoms with Gasteiger partial charge < -0.3 is 10.2 Å². The van der Waals surface area contributed by atoms with Crippen molar-refractivity contribution in [2.24, 2.45) is 0 Å². The Hall–Kier alpha value is -1.70. The number of hydrogen-bond donors (Lipinski definition) is 1. The van der Waals surface area contributed by atoms with Crippen LogP contribution >= 0.6 is 0 Å². The zero-order chi connectivity index (χ0) is 18.4. The maximum Gasteiger partial charge on any atom is 0.270 e. The van der Waals surface area contributed by atoms with Gasteiger partial charge in [0.05, 0.1) is 11.5 Å². The van der Waals surface area contributed by atoms with Crippen molar-refractivity contribution in [1.82, 2.24) is 15.3 Å². The number of nitrogens with one attached hydrogen (secondary N) is 1. The number of aryl methyl sites for hydroxylation is 1. The largest absolute Gasteiger partial charge is 0.353 e. The molecule has 140 valence electrons. The first-order valence-corrected chi connectivity index (χ1v) is 10.8. The van der Waals surface area contributed by atoms with Gasteiger partial charge in [0.15, 0.2) is 9.84 Å². The molecule has 2 heterocycles. The van der Waals surface area contributed by atoms with Crippen LogP contribution in [0.4, 0.5) is 5.82 Å². The van der Waals surface area contributed by atoms with Crippen LogP contribution in [0.25, 0.3) is 0 Å². The molecule has 1 aliphatic heterocycles. The Morgan fingerprint density at radius 2 is 2.08 bits per heavy atom. The fraction of sp³-hybridized carbons (Fsp3) is 0.706. The third-order valence-electron chi connectivity index (χ3n) is 4.41. The van der Waals surface area contributed by atoms with Crippen molar-refractivity contribution < 1.29 is 13.2 Å². The van der Waals surface area contributed by atoms with Crippen molar-refractivity contribution in [2.45, 2.75) is 52.5 Å². The van der Waals surface area contributed by atoms with E-state index in [0.29, 0.717) is 36.8 Å². The molecule has 0 spiro atoms. The lowest BCUT2D eigenvalue weighted by molar-refractivity contribution is 0.0947. The van der Waals surface area contributed by atoms with E-state index in [0.717, 1.165) is 19.3 Å². The summed E-state index contributed by atoms with van der Waals surface area (Å²) >= 11 is 0. The molecule has 1 N–H and O–H groups in total. The second-order valence-electron chi connectivity index (χ2n) is 6.46. The van der Waals surface area contributed by atoms with Crippen molar-refractivity contribution >= 4 is 21.6 Å². The topological polar surface area (TPSA) is 92.3 Å². The lowest BCUT2D eigenvalue weighted by Crippen LogP contribution is -2.37. The number of carbonyl (C=O) groups excluding carboxylic acids is 1. The summed E-state index contributed by atoms with van der Waals surface area (Å²) < 4.78 is 23.6. The molecular weight excluding hydrogens is 340 g/mol. The van der Waals surface area contributed by atoms with Crippen molar-refractivity contribution in [2.75, 3.05) is 29.5 Å². The summed E-state index contributed by atoms with van der Waals surface area (Å²) in [5, 5.41) is 2.88. The van der Waals surface area contributed by atoms with Gasteiger partial charge in [0.25, 0.3) is 5.91 Å².